The molecule has 0 saturated carbocycles. The van der Waals surface area contributed by atoms with Gasteiger partial charge in [0, 0.05) is 11.1 Å². The predicted molar refractivity (Wildman–Crippen MR) is 76.2 cm³/mol. The molecule has 0 bridgehead atoms. The summed E-state index contributed by atoms with van der Waals surface area (Å²) in [5.74, 6) is -2.56. The van der Waals surface area contributed by atoms with Crippen molar-refractivity contribution in [3.63, 3.8) is 0 Å². The fraction of sp³-hybridized carbons (Fsp3) is 0.125. The molecule has 2 aromatic carbocycles. The molecule has 2 N–H and O–H groups in total. The Morgan fingerprint density at radius 2 is 1.14 bits per heavy atom. The number of rotatable bonds is 2. The molecule has 0 heterocycles. The fourth-order valence-corrected chi connectivity index (χ4v) is 2.65. The van der Waals surface area contributed by atoms with Gasteiger partial charge in [0.1, 0.15) is 0 Å². The van der Waals surface area contributed by atoms with E-state index in [-0.39, 0.29) is 33.8 Å². The first-order valence-corrected chi connectivity index (χ1v) is 6.41. The molecule has 0 amide bonds. The van der Waals surface area contributed by atoms with Crippen LogP contribution in [-0.2, 0) is 0 Å². The molecule has 1 aliphatic carbocycles. The summed E-state index contributed by atoms with van der Waals surface area (Å²) in [7, 11) is 2.51. The number of carbonyl (C=O) groups excluding carboxylic acids is 2. The van der Waals surface area contributed by atoms with Crippen molar-refractivity contribution in [3.05, 3.63) is 46.5 Å². The number of benzene rings is 2. The molecule has 0 spiro atoms. The number of phenols is 2. The summed E-state index contributed by atoms with van der Waals surface area (Å²) >= 11 is 0. The highest BCUT2D eigenvalue weighted by molar-refractivity contribution is 6.30. The van der Waals surface area contributed by atoms with Crippen molar-refractivity contribution in [2.75, 3.05) is 14.2 Å². The van der Waals surface area contributed by atoms with Crippen molar-refractivity contribution in [1.82, 2.24) is 0 Å². The van der Waals surface area contributed by atoms with Crippen molar-refractivity contribution in [2.45, 2.75) is 0 Å². The van der Waals surface area contributed by atoms with Crippen molar-refractivity contribution in [1.29, 1.82) is 0 Å². The molecule has 6 nitrogen and oxygen atoms in total. The summed E-state index contributed by atoms with van der Waals surface area (Å²) in [6.45, 7) is 0. The number of ether oxygens (including phenoxy) is 2. The highest BCUT2D eigenvalue weighted by Gasteiger charge is 2.38. The minimum absolute atomic E-state index is 0.168. The van der Waals surface area contributed by atoms with E-state index in [2.05, 4.69) is 0 Å². The van der Waals surface area contributed by atoms with E-state index < -0.39 is 23.1 Å². The van der Waals surface area contributed by atoms with Crippen LogP contribution in [0.3, 0.4) is 0 Å². The van der Waals surface area contributed by atoms with Crippen LogP contribution in [0.25, 0.3) is 0 Å². The number of hydrogen-bond donors (Lipinski definition) is 2. The summed E-state index contributed by atoms with van der Waals surface area (Å²) in [4.78, 5) is 25.1. The molecular weight excluding hydrogens is 288 g/mol. The van der Waals surface area contributed by atoms with Gasteiger partial charge in [0.15, 0.2) is 23.1 Å². The zero-order valence-corrected chi connectivity index (χ0v) is 11.8. The zero-order chi connectivity index (χ0) is 16.0. The number of hydrogen-bond acceptors (Lipinski definition) is 6. The van der Waals surface area contributed by atoms with Crippen LogP contribution in [0.5, 0.6) is 23.0 Å². The SMILES string of the molecule is COc1c(O)c2c(c(O)c1OC)C(=O)c1ccccc1C2=O. The average molecular weight is 300 g/mol. The molecule has 22 heavy (non-hydrogen) atoms. The minimum Gasteiger partial charge on any atom is -0.504 e. The molecule has 0 unspecified atom stereocenters. The first-order chi connectivity index (χ1) is 10.5. The van der Waals surface area contributed by atoms with Crippen molar-refractivity contribution in [2.24, 2.45) is 0 Å². The van der Waals surface area contributed by atoms with Gasteiger partial charge in [-0.1, -0.05) is 24.3 Å². The van der Waals surface area contributed by atoms with Gasteiger partial charge in [-0.15, -0.1) is 0 Å². The fourth-order valence-electron chi connectivity index (χ4n) is 2.65. The van der Waals surface area contributed by atoms with E-state index in [0.717, 1.165) is 0 Å². The molecule has 2 aromatic rings. The van der Waals surface area contributed by atoms with Crippen LogP contribution in [0.15, 0.2) is 24.3 Å². The zero-order valence-electron chi connectivity index (χ0n) is 11.8. The van der Waals surface area contributed by atoms with Crippen molar-refractivity contribution in [3.8, 4) is 23.0 Å². The maximum atomic E-state index is 12.6. The topological polar surface area (TPSA) is 93.1 Å². The van der Waals surface area contributed by atoms with Gasteiger partial charge in [-0.25, -0.2) is 0 Å². The van der Waals surface area contributed by atoms with Gasteiger partial charge in [-0.05, 0) is 0 Å². The van der Waals surface area contributed by atoms with Gasteiger partial charge in [-0.3, -0.25) is 9.59 Å². The highest BCUT2D eigenvalue weighted by atomic mass is 16.5. The van der Waals surface area contributed by atoms with Crippen LogP contribution in [-0.4, -0.2) is 36.0 Å². The summed E-state index contributed by atoms with van der Waals surface area (Å²) < 4.78 is 9.97. The Balaban J connectivity index is 2.43. The molecule has 3 rings (SSSR count). The van der Waals surface area contributed by atoms with Crippen molar-refractivity contribution >= 4 is 11.6 Å². The number of fused-ring (bicyclic) bond motifs is 2. The summed E-state index contributed by atoms with van der Waals surface area (Å²) in [5, 5.41) is 20.6. The summed E-state index contributed by atoms with van der Waals surface area (Å²) in [5.41, 5.74) is -0.221. The van der Waals surface area contributed by atoms with E-state index >= 15 is 0 Å². The largest absolute Gasteiger partial charge is 0.504 e. The smallest absolute Gasteiger partial charge is 0.207 e. The van der Waals surface area contributed by atoms with Crippen LogP contribution in [0, 0.1) is 0 Å². The molecule has 0 radical (unpaired) electrons. The molecule has 0 saturated heterocycles. The monoisotopic (exact) mass is 300 g/mol. The van der Waals surface area contributed by atoms with Crippen LogP contribution in [0.2, 0.25) is 0 Å². The third-order valence-corrected chi connectivity index (χ3v) is 3.64. The summed E-state index contributed by atoms with van der Waals surface area (Å²) in [6.07, 6.45) is 0. The van der Waals surface area contributed by atoms with Crippen LogP contribution in [0.1, 0.15) is 31.8 Å². The van der Waals surface area contributed by atoms with E-state index in [1.165, 1.54) is 26.4 Å². The lowest BCUT2D eigenvalue weighted by atomic mass is 9.82. The Morgan fingerprint density at radius 3 is 1.45 bits per heavy atom. The lowest BCUT2D eigenvalue weighted by Gasteiger charge is -2.22. The van der Waals surface area contributed by atoms with Crippen molar-refractivity contribution < 1.29 is 29.3 Å². The Hall–Kier alpha value is -3.02. The Bertz CT molecular complexity index is 754. The number of phenolic OH excluding ortho intramolecular Hbond substituents is 2. The Labute approximate surface area is 125 Å². The second-order valence-electron chi connectivity index (χ2n) is 4.72. The Kier molecular flexibility index (Phi) is 3.02. The maximum absolute atomic E-state index is 12.6. The highest BCUT2D eigenvalue weighted by Crippen LogP contribution is 2.51. The average Bonchev–Trinajstić information content (AvgIpc) is 2.53. The number of ketones is 2. The molecular formula is C16H12O6. The van der Waals surface area contributed by atoms with E-state index in [4.69, 9.17) is 9.47 Å². The van der Waals surface area contributed by atoms with E-state index in [1.54, 1.807) is 12.1 Å². The van der Waals surface area contributed by atoms with Gasteiger partial charge < -0.3 is 19.7 Å². The van der Waals surface area contributed by atoms with E-state index in [1.807, 2.05) is 0 Å². The van der Waals surface area contributed by atoms with Crippen LogP contribution < -0.4 is 9.47 Å². The normalized spacial score (nSPS) is 12.6. The standard InChI is InChI=1S/C16H12O6/c1-21-15-13(19)9-10(14(20)16(15)22-2)12(18)8-6-4-3-5-7(8)11(9)17/h3-6,19-20H,1-2H3. The van der Waals surface area contributed by atoms with E-state index in [9.17, 15) is 19.8 Å². The minimum atomic E-state index is -0.557. The number of carbonyl (C=O) groups is 2. The maximum Gasteiger partial charge on any atom is 0.207 e. The van der Waals surface area contributed by atoms with E-state index in [0.29, 0.717) is 0 Å². The molecule has 112 valence electrons. The lowest BCUT2D eigenvalue weighted by Crippen LogP contribution is -2.21. The first kappa shape index (κ1) is 13.9. The Morgan fingerprint density at radius 1 is 0.773 bits per heavy atom. The van der Waals surface area contributed by atoms with Crippen LogP contribution >= 0.6 is 0 Å². The number of aromatic hydroxyl groups is 2. The van der Waals surface area contributed by atoms with Gasteiger partial charge in [0.05, 0.1) is 25.3 Å². The first-order valence-electron chi connectivity index (χ1n) is 6.41. The van der Waals surface area contributed by atoms with Gasteiger partial charge in [0.2, 0.25) is 11.5 Å². The second-order valence-corrected chi connectivity index (χ2v) is 4.72. The predicted octanol–water partition coefficient (Wildman–Crippen LogP) is 1.89. The number of methoxy groups -OCH3 is 2. The van der Waals surface area contributed by atoms with Gasteiger partial charge in [0.25, 0.3) is 0 Å². The van der Waals surface area contributed by atoms with Gasteiger partial charge in [-0.2, -0.15) is 0 Å². The third kappa shape index (κ3) is 1.60. The van der Waals surface area contributed by atoms with Crippen LogP contribution in [0.4, 0.5) is 0 Å². The quantitative estimate of drug-likeness (QED) is 0.702. The molecule has 0 aliphatic heterocycles. The molecule has 1 aliphatic rings. The molecule has 0 aromatic heterocycles. The third-order valence-electron chi connectivity index (χ3n) is 3.64. The molecule has 0 fully saturated rings. The second kappa shape index (κ2) is 4.77. The molecule has 0 atom stereocenters. The van der Waals surface area contributed by atoms with Gasteiger partial charge >= 0.3 is 0 Å². The lowest BCUT2D eigenvalue weighted by molar-refractivity contribution is 0.0972. The summed E-state index contributed by atoms with van der Waals surface area (Å²) in [6, 6.07) is 6.22. The molecule has 6 heteroatoms.